The van der Waals surface area contributed by atoms with Crippen LogP contribution >= 0.6 is 0 Å². The highest BCUT2D eigenvalue weighted by molar-refractivity contribution is 6.06. The van der Waals surface area contributed by atoms with Gasteiger partial charge < -0.3 is 9.88 Å². The summed E-state index contributed by atoms with van der Waals surface area (Å²) in [5, 5.41) is 3.60. The van der Waals surface area contributed by atoms with Gasteiger partial charge >= 0.3 is 0 Å². The van der Waals surface area contributed by atoms with Crippen molar-refractivity contribution in [3.05, 3.63) is 46.2 Å². The van der Waals surface area contributed by atoms with Crippen molar-refractivity contribution in [2.45, 2.75) is 19.9 Å². The molecule has 1 amide bonds. The first kappa shape index (κ1) is 12.4. The van der Waals surface area contributed by atoms with Crippen molar-refractivity contribution in [2.75, 3.05) is 0 Å². The molecule has 4 nitrogen and oxygen atoms in total. The number of amides is 1. The van der Waals surface area contributed by atoms with Crippen molar-refractivity contribution in [1.82, 2.24) is 9.88 Å². The lowest BCUT2D eigenvalue weighted by Gasteiger charge is -2.12. The van der Waals surface area contributed by atoms with E-state index in [0.29, 0.717) is 5.56 Å². The summed E-state index contributed by atoms with van der Waals surface area (Å²) in [5.41, 5.74) is 1.02. The molecule has 1 heterocycles. The van der Waals surface area contributed by atoms with E-state index in [2.05, 4.69) is 5.32 Å². The molecule has 4 heteroatoms. The highest BCUT2D eigenvalue weighted by Gasteiger charge is 2.13. The Labute approximate surface area is 105 Å². The van der Waals surface area contributed by atoms with Gasteiger partial charge in [0.15, 0.2) is 0 Å². The summed E-state index contributed by atoms with van der Waals surface area (Å²) in [4.78, 5) is 23.9. The van der Waals surface area contributed by atoms with Crippen LogP contribution in [0, 0.1) is 0 Å². The van der Waals surface area contributed by atoms with Gasteiger partial charge in [-0.15, -0.1) is 0 Å². The SMILES string of the molecule is CC(C)NC(=O)c1cc(=O)n(C)c2ccccc12. The number of benzene rings is 1. The molecule has 0 unspecified atom stereocenters. The summed E-state index contributed by atoms with van der Waals surface area (Å²) in [5.74, 6) is -0.209. The molecular weight excluding hydrogens is 228 g/mol. The van der Waals surface area contributed by atoms with Gasteiger partial charge in [0.2, 0.25) is 0 Å². The van der Waals surface area contributed by atoms with Gasteiger partial charge in [0.25, 0.3) is 11.5 Å². The summed E-state index contributed by atoms with van der Waals surface area (Å²) in [7, 11) is 1.70. The number of para-hydroxylation sites is 1. The van der Waals surface area contributed by atoms with Gasteiger partial charge in [0.05, 0.1) is 11.1 Å². The van der Waals surface area contributed by atoms with Gasteiger partial charge in [-0.3, -0.25) is 9.59 Å². The quantitative estimate of drug-likeness (QED) is 0.873. The molecule has 0 spiro atoms. The maximum Gasteiger partial charge on any atom is 0.252 e. The first-order valence-electron chi connectivity index (χ1n) is 5.90. The Morgan fingerprint density at radius 3 is 2.61 bits per heavy atom. The zero-order valence-corrected chi connectivity index (χ0v) is 10.7. The second-order valence-electron chi connectivity index (χ2n) is 4.60. The standard InChI is InChI=1S/C14H16N2O2/c1-9(2)15-14(18)11-8-13(17)16(3)12-7-5-4-6-10(11)12/h4-9H,1-3H3,(H,15,18). The van der Waals surface area contributed by atoms with Gasteiger partial charge in [-0.05, 0) is 19.9 Å². The summed E-state index contributed by atoms with van der Waals surface area (Å²) < 4.78 is 1.54. The molecule has 0 aliphatic rings. The number of carbonyl (C=O) groups is 1. The highest BCUT2D eigenvalue weighted by atomic mass is 16.2. The van der Waals surface area contributed by atoms with Crippen LogP contribution in [0.25, 0.3) is 10.9 Å². The molecule has 0 bridgehead atoms. The molecule has 0 saturated carbocycles. The Morgan fingerprint density at radius 1 is 1.28 bits per heavy atom. The monoisotopic (exact) mass is 244 g/mol. The number of pyridine rings is 1. The van der Waals surface area contributed by atoms with E-state index in [1.54, 1.807) is 11.6 Å². The summed E-state index contributed by atoms with van der Waals surface area (Å²) >= 11 is 0. The van der Waals surface area contributed by atoms with Crippen LogP contribution in [0.2, 0.25) is 0 Å². The minimum atomic E-state index is -0.209. The second kappa shape index (κ2) is 4.64. The van der Waals surface area contributed by atoms with E-state index in [4.69, 9.17) is 0 Å². The molecule has 0 radical (unpaired) electrons. The van der Waals surface area contributed by atoms with Gasteiger partial charge in [0.1, 0.15) is 0 Å². The number of carbonyl (C=O) groups excluding carboxylic acids is 1. The minimum absolute atomic E-state index is 0.0420. The molecule has 2 rings (SSSR count). The van der Waals surface area contributed by atoms with Crippen molar-refractivity contribution in [2.24, 2.45) is 7.05 Å². The first-order valence-corrected chi connectivity index (χ1v) is 5.90. The summed E-state index contributed by atoms with van der Waals surface area (Å²) in [6.45, 7) is 3.78. The number of hydrogen-bond acceptors (Lipinski definition) is 2. The smallest absolute Gasteiger partial charge is 0.252 e. The van der Waals surface area contributed by atoms with Crippen molar-refractivity contribution >= 4 is 16.8 Å². The van der Waals surface area contributed by atoms with E-state index in [-0.39, 0.29) is 17.5 Å². The lowest BCUT2D eigenvalue weighted by Crippen LogP contribution is -2.31. The van der Waals surface area contributed by atoms with Crippen molar-refractivity contribution < 1.29 is 4.79 Å². The number of nitrogens with one attached hydrogen (secondary N) is 1. The largest absolute Gasteiger partial charge is 0.350 e. The number of aromatic nitrogens is 1. The van der Waals surface area contributed by atoms with Crippen molar-refractivity contribution in [1.29, 1.82) is 0 Å². The normalized spacial score (nSPS) is 10.9. The molecule has 1 aromatic heterocycles. The fourth-order valence-corrected chi connectivity index (χ4v) is 1.94. The van der Waals surface area contributed by atoms with Crippen LogP contribution in [-0.2, 0) is 7.05 Å². The van der Waals surface area contributed by atoms with Gasteiger partial charge in [-0.1, -0.05) is 18.2 Å². The highest BCUT2D eigenvalue weighted by Crippen LogP contribution is 2.16. The number of nitrogens with zero attached hydrogens (tertiary/aromatic N) is 1. The maximum absolute atomic E-state index is 12.1. The van der Waals surface area contributed by atoms with Crippen LogP contribution in [-0.4, -0.2) is 16.5 Å². The third kappa shape index (κ3) is 2.14. The van der Waals surface area contributed by atoms with Crippen LogP contribution in [0.5, 0.6) is 0 Å². The Bertz CT molecular complexity index is 656. The Morgan fingerprint density at radius 2 is 1.94 bits per heavy atom. The lowest BCUT2D eigenvalue weighted by molar-refractivity contribution is 0.0944. The predicted octanol–water partition coefficient (Wildman–Crippen LogP) is 1.68. The number of fused-ring (bicyclic) bond motifs is 1. The van der Waals surface area contributed by atoms with Crippen LogP contribution in [0.3, 0.4) is 0 Å². The van der Waals surface area contributed by atoms with Crippen LogP contribution in [0.4, 0.5) is 0 Å². The number of aryl methyl sites for hydroxylation is 1. The molecule has 0 atom stereocenters. The third-order valence-electron chi connectivity index (χ3n) is 2.82. The van der Waals surface area contributed by atoms with Crippen molar-refractivity contribution in [3.63, 3.8) is 0 Å². The third-order valence-corrected chi connectivity index (χ3v) is 2.82. The minimum Gasteiger partial charge on any atom is -0.350 e. The molecule has 0 saturated heterocycles. The molecule has 0 aliphatic heterocycles. The zero-order chi connectivity index (χ0) is 13.3. The molecule has 0 aliphatic carbocycles. The van der Waals surface area contributed by atoms with Gasteiger partial charge in [0, 0.05) is 24.5 Å². The molecule has 94 valence electrons. The van der Waals surface area contributed by atoms with E-state index >= 15 is 0 Å². The van der Waals surface area contributed by atoms with E-state index in [9.17, 15) is 9.59 Å². The van der Waals surface area contributed by atoms with Crippen molar-refractivity contribution in [3.8, 4) is 0 Å². The topological polar surface area (TPSA) is 51.1 Å². The predicted molar refractivity (Wildman–Crippen MR) is 71.8 cm³/mol. The molecule has 1 N–H and O–H groups in total. The summed E-state index contributed by atoms with van der Waals surface area (Å²) in [6.07, 6.45) is 0. The molecule has 1 aromatic carbocycles. The average molecular weight is 244 g/mol. The zero-order valence-electron chi connectivity index (χ0n) is 10.7. The Balaban J connectivity index is 2.68. The molecular formula is C14H16N2O2. The van der Waals surface area contributed by atoms with Crippen LogP contribution < -0.4 is 10.9 Å². The van der Waals surface area contributed by atoms with E-state index in [0.717, 1.165) is 10.9 Å². The van der Waals surface area contributed by atoms with E-state index in [1.807, 2.05) is 38.1 Å². The van der Waals surface area contributed by atoms with E-state index in [1.165, 1.54) is 6.07 Å². The first-order chi connectivity index (χ1) is 8.50. The van der Waals surface area contributed by atoms with Crippen LogP contribution in [0.15, 0.2) is 35.1 Å². The van der Waals surface area contributed by atoms with Gasteiger partial charge in [-0.25, -0.2) is 0 Å². The van der Waals surface area contributed by atoms with E-state index < -0.39 is 0 Å². The Kier molecular flexibility index (Phi) is 3.19. The number of rotatable bonds is 2. The molecule has 18 heavy (non-hydrogen) atoms. The average Bonchev–Trinajstić information content (AvgIpc) is 2.33. The fraction of sp³-hybridized carbons (Fsp3) is 0.286. The second-order valence-corrected chi connectivity index (χ2v) is 4.60. The lowest BCUT2D eigenvalue weighted by atomic mass is 10.1. The Hall–Kier alpha value is -2.10. The molecule has 2 aromatic rings. The fourth-order valence-electron chi connectivity index (χ4n) is 1.94. The molecule has 0 fully saturated rings. The number of hydrogen-bond donors (Lipinski definition) is 1. The summed E-state index contributed by atoms with van der Waals surface area (Å²) in [6, 6.07) is 8.83. The maximum atomic E-state index is 12.1. The van der Waals surface area contributed by atoms with Gasteiger partial charge in [-0.2, -0.15) is 0 Å². The van der Waals surface area contributed by atoms with Crippen LogP contribution in [0.1, 0.15) is 24.2 Å².